The van der Waals surface area contributed by atoms with E-state index in [1.54, 1.807) is 13.2 Å². The van der Waals surface area contributed by atoms with Crippen LogP contribution < -0.4 is 14.8 Å². The number of hydrogen-bond acceptors (Lipinski definition) is 4. The van der Waals surface area contributed by atoms with E-state index in [0.29, 0.717) is 29.7 Å². The van der Waals surface area contributed by atoms with Crippen LogP contribution in [0.4, 0.5) is 10.5 Å². The number of halogens is 1. The first-order valence-electron chi connectivity index (χ1n) is 7.14. The van der Waals surface area contributed by atoms with Gasteiger partial charge in [-0.1, -0.05) is 0 Å². The fourth-order valence-electron chi connectivity index (χ4n) is 1.80. The normalized spacial score (nSPS) is 11.0. The van der Waals surface area contributed by atoms with Crippen LogP contribution in [-0.4, -0.2) is 31.3 Å². The van der Waals surface area contributed by atoms with Crippen LogP contribution >= 0.6 is 11.6 Å². The SMILES string of the molecule is COc1cc(NC(=O)OC(C)(C)C)cc(C)c1OCCCCl. The van der Waals surface area contributed by atoms with Crippen molar-refractivity contribution in [2.24, 2.45) is 0 Å². The Morgan fingerprint density at radius 2 is 2.00 bits per heavy atom. The maximum absolute atomic E-state index is 11.8. The highest BCUT2D eigenvalue weighted by Gasteiger charge is 2.17. The van der Waals surface area contributed by atoms with E-state index in [0.717, 1.165) is 12.0 Å². The number of anilines is 1. The fraction of sp³-hybridized carbons (Fsp3) is 0.562. The van der Waals surface area contributed by atoms with Crippen molar-refractivity contribution in [3.05, 3.63) is 17.7 Å². The number of hydrogen-bond donors (Lipinski definition) is 1. The maximum Gasteiger partial charge on any atom is 0.412 e. The van der Waals surface area contributed by atoms with Crippen LogP contribution in [0.3, 0.4) is 0 Å². The molecule has 0 aliphatic carbocycles. The van der Waals surface area contributed by atoms with E-state index >= 15 is 0 Å². The maximum atomic E-state index is 11.8. The van der Waals surface area contributed by atoms with Crippen molar-refractivity contribution in [2.75, 3.05) is 24.9 Å². The number of ether oxygens (including phenoxy) is 3. The number of carbonyl (C=O) groups is 1. The predicted molar refractivity (Wildman–Crippen MR) is 88.4 cm³/mol. The summed E-state index contributed by atoms with van der Waals surface area (Å²) in [5, 5.41) is 2.69. The Morgan fingerprint density at radius 3 is 2.55 bits per heavy atom. The molecule has 22 heavy (non-hydrogen) atoms. The first-order valence-corrected chi connectivity index (χ1v) is 7.67. The number of aryl methyl sites for hydroxylation is 1. The lowest BCUT2D eigenvalue weighted by Gasteiger charge is -2.20. The monoisotopic (exact) mass is 329 g/mol. The number of rotatable bonds is 6. The Kier molecular flexibility index (Phi) is 6.81. The van der Waals surface area contributed by atoms with Crippen molar-refractivity contribution < 1.29 is 19.0 Å². The van der Waals surface area contributed by atoms with E-state index in [9.17, 15) is 4.79 Å². The van der Waals surface area contributed by atoms with E-state index in [-0.39, 0.29) is 0 Å². The number of methoxy groups -OCH3 is 1. The minimum Gasteiger partial charge on any atom is -0.493 e. The molecule has 6 heteroatoms. The van der Waals surface area contributed by atoms with Crippen molar-refractivity contribution >= 4 is 23.4 Å². The lowest BCUT2D eigenvalue weighted by atomic mass is 10.1. The third-order valence-corrected chi connectivity index (χ3v) is 2.90. The molecule has 0 fully saturated rings. The highest BCUT2D eigenvalue weighted by molar-refractivity contribution is 6.17. The molecule has 1 amide bonds. The van der Waals surface area contributed by atoms with Gasteiger partial charge in [0.15, 0.2) is 11.5 Å². The second-order valence-corrected chi connectivity index (χ2v) is 6.22. The zero-order chi connectivity index (χ0) is 16.8. The molecule has 0 bridgehead atoms. The molecule has 124 valence electrons. The van der Waals surface area contributed by atoms with E-state index in [4.69, 9.17) is 25.8 Å². The fourth-order valence-corrected chi connectivity index (χ4v) is 1.91. The van der Waals surface area contributed by atoms with Gasteiger partial charge < -0.3 is 14.2 Å². The Hall–Kier alpha value is -1.62. The van der Waals surface area contributed by atoms with Crippen LogP contribution in [0.15, 0.2) is 12.1 Å². The largest absolute Gasteiger partial charge is 0.493 e. The smallest absolute Gasteiger partial charge is 0.412 e. The number of carbonyl (C=O) groups excluding carboxylic acids is 1. The third-order valence-electron chi connectivity index (χ3n) is 2.63. The third kappa shape index (κ3) is 6.02. The van der Waals surface area contributed by atoms with Crippen molar-refractivity contribution in [1.29, 1.82) is 0 Å². The molecule has 1 rings (SSSR count). The van der Waals surface area contributed by atoms with Crippen LogP contribution in [0, 0.1) is 6.92 Å². The van der Waals surface area contributed by atoms with Gasteiger partial charge >= 0.3 is 6.09 Å². The summed E-state index contributed by atoms with van der Waals surface area (Å²) in [4.78, 5) is 11.8. The highest BCUT2D eigenvalue weighted by Crippen LogP contribution is 2.34. The molecule has 5 nitrogen and oxygen atoms in total. The molecule has 0 heterocycles. The van der Waals surface area contributed by atoms with Crippen LogP contribution in [0.1, 0.15) is 32.8 Å². The molecule has 0 saturated heterocycles. The summed E-state index contributed by atoms with van der Waals surface area (Å²) in [6.45, 7) is 7.84. The lowest BCUT2D eigenvalue weighted by molar-refractivity contribution is 0.0636. The summed E-state index contributed by atoms with van der Waals surface area (Å²) < 4.78 is 16.2. The lowest BCUT2D eigenvalue weighted by Crippen LogP contribution is -2.27. The summed E-state index contributed by atoms with van der Waals surface area (Å²) in [6.07, 6.45) is 0.243. The van der Waals surface area contributed by atoms with Crippen molar-refractivity contribution in [3.63, 3.8) is 0 Å². The second-order valence-electron chi connectivity index (χ2n) is 5.84. The summed E-state index contributed by atoms with van der Waals surface area (Å²) in [6, 6.07) is 3.51. The van der Waals surface area contributed by atoms with Gasteiger partial charge in [0, 0.05) is 17.6 Å². The quantitative estimate of drug-likeness (QED) is 0.622. The molecule has 1 aromatic carbocycles. The van der Waals surface area contributed by atoms with E-state index in [2.05, 4.69) is 5.32 Å². The zero-order valence-electron chi connectivity index (χ0n) is 13.8. The minimum atomic E-state index is -0.548. The predicted octanol–water partition coefficient (Wildman–Crippen LogP) is 4.36. The van der Waals surface area contributed by atoms with E-state index < -0.39 is 11.7 Å². The van der Waals surface area contributed by atoms with Gasteiger partial charge in [-0.15, -0.1) is 11.6 Å². The van der Waals surface area contributed by atoms with Gasteiger partial charge in [-0.25, -0.2) is 4.79 Å². The molecule has 0 unspecified atom stereocenters. The van der Waals surface area contributed by atoms with Gasteiger partial charge in [0.05, 0.1) is 13.7 Å². The zero-order valence-corrected chi connectivity index (χ0v) is 14.5. The molecule has 0 spiro atoms. The molecule has 0 radical (unpaired) electrons. The van der Waals surface area contributed by atoms with Crippen molar-refractivity contribution in [2.45, 2.75) is 39.7 Å². The van der Waals surface area contributed by atoms with Gasteiger partial charge in [0.1, 0.15) is 5.60 Å². The van der Waals surface area contributed by atoms with Crippen LogP contribution in [0.25, 0.3) is 0 Å². The molecule has 1 aromatic rings. The van der Waals surface area contributed by atoms with E-state index in [1.807, 2.05) is 33.8 Å². The van der Waals surface area contributed by atoms with Gasteiger partial charge in [-0.2, -0.15) is 0 Å². The number of benzene rings is 1. The van der Waals surface area contributed by atoms with Crippen molar-refractivity contribution in [3.8, 4) is 11.5 Å². The molecular weight excluding hydrogens is 306 g/mol. The summed E-state index contributed by atoms with van der Waals surface area (Å²) in [7, 11) is 1.56. The average Bonchev–Trinajstić information content (AvgIpc) is 2.38. The standard InChI is InChI=1S/C16H24ClNO4/c1-11-9-12(18-15(19)22-16(2,3)4)10-13(20-5)14(11)21-8-6-7-17/h9-10H,6-8H2,1-5H3,(H,18,19). The van der Waals surface area contributed by atoms with Crippen LogP contribution in [0.5, 0.6) is 11.5 Å². The Bertz CT molecular complexity index is 512. The molecule has 0 atom stereocenters. The molecular formula is C16H24ClNO4. The minimum absolute atomic E-state index is 0.509. The molecule has 0 aromatic heterocycles. The Morgan fingerprint density at radius 1 is 1.32 bits per heavy atom. The van der Waals surface area contributed by atoms with Crippen LogP contribution in [-0.2, 0) is 4.74 Å². The number of alkyl halides is 1. The summed E-state index contributed by atoms with van der Waals surface area (Å²) >= 11 is 5.64. The number of nitrogens with one attached hydrogen (secondary N) is 1. The molecule has 0 aliphatic rings. The topological polar surface area (TPSA) is 56.8 Å². The summed E-state index contributed by atoms with van der Waals surface area (Å²) in [5.41, 5.74) is 0.904. The van der Waals surface area contributed by atoms with Gasteiger partial charge in [0.25, 0.3) is 0 Å². The Balaban J connectivity index is 2.86. The highest BCUT2D eigenvalue weighted by atomic mass is 35.5. The molecule has 0 aliphatic heterocycles. The molecule has 1 N–H and O–H groups in total. The first kappa shape index (κ1) is 18.4. The van der Waals surface area contributed by atoms with Crippen molar-refractivity contribution in [1.82, 2.24) is 0 Å². The average molecular weight is 330 g/mol. The van der Waals surface area contributed by atoms with Gasteiger partial charge in [0.2, 0.25) is 0 Å². The number of amides is 1. The Labute approximate surface area is 136 Å². The van der Waals surface area contributed by atoms with Gasteiger partial charge in [-0.05, 0) is 45.7 Å². The van der Waals surface area contributed by atoms with Gasteiger partial charge in [-0.3, -0.25) is 5.32 Å². The van der Waals surface area contributed by atoms with Crippen LogP contribution in [0.2, 0.25) is 0 Å². The molecule has 0 saturated carbocycles. The first-order chi connectivity index (χ1) is 10.3. The van der Waals surface area contributed by atoms with E-state index in [1.165, 1.54) is 0 Å². The second kappa shape index (κ2) is 8.13. The summed E-state index contributed by atoms with van der Waals surface area (Å²) in [5.74, 6) is 1.75.